The molecule has 1 aliphatic heterocycles. The van der Waals surface area contributed by atoms with Crippen LogP contribution in [0.1, 0.15) is 17.2 Å². The topological polar surface area (TPSA) is 43.0 Å². The number of fused-ring (bicyclic) bond motifs is 1. The van der Waals surface area contributed by atoms with Gasteiger partial charge in [-0.3, -0.25) is 0 Å². The number of ether oxygens (including phenoxy) is 3. The molecule has 5 nitrogen and oxygen atoms in total. The number of thiocarbonyl (C=S) groups is 1. The molecule has 2 aromatic rings. The molecule has 0 aromatic heterocycles. The second-order valence-electron chi connectivity index (χ2n) is 6.19. The second-order valence-corrected chi connectivity index (χ2v) is 6.57. The molecule has 0 bridgehead atoms. The lowest BCUT2D eigenvalue weighted by Crippen LogP contribution is -2.46. The van der Waals surface area contributed by atoms with E-state index in [2.05, 4.69) is 10.2 Å². The first-order valence-electron chi connectivity index (χ1n) is 8.69. The van der Waals surface area contributed by atoms with E-state index in [1.807, 2.05) is 19.2 Å². The standard InChI is InChI=1S/C20H23FN2O3S/c1-22-20(27)23-9-8-13-10-18(24-2)19(25-3)11-16(13)17(23)12-26-15-6-4-14(21)5-7-15/h4-7,10-11,17H,8-9,12H2,1-3H3,(H,22,27)/t17-/m1/s1. The summed E-state index contributed by atoms with van der Waals surface area (Å²) < 4.78 is 30.0. The fourth-order valence-corrected chi connectivity index (χ4v) is 3.52. The maximum absolute atomic E-state index is 13.1. The highest BCUT2D eigenvalue weighted by molar-refractivity contribution is 7.80. The monoisotopic (exact) mass is 390 g/mol. The molecule has 0 radical (unpaired) electrons. The van der Waals surface area contributed by atoms with Crippen LogP contribution in [0, 0.1) is 5.82 Å². The summed E-state index contributed by atoms with van der Waals surface area (Å²) in [7, 11) is 5.06. The summed E-state index contributed by atoms with van der Waals surface area (Å²) in [4.78, 5) is 2.10. The molecule has 1 N–H and O–H groups in total. The van der Waals surface area contributed by atoms with Crippen LogP contribution in [0.15, 0.2) is 36.4 Å². The van der Waals surface area contributed by atoms with Crippen LogP contribution in [0.3, 0.4) is 0 Å². The van der Waals surface area contributed by atoms with Gasteiger partial charge in [-0.1, -0.05) is 0 Å². The van der Waals surface area contributed by atoms with E-state index in [9.17, 15) is 4.39 Å². The predicted octanol–water partition coefficient (Wildman–Crippen LogP) is 3.33. The molecule has 1 aliphatic rings. The molecule has 0 aliphatic carbocycles. The highest BCUT2D eigenvalue weighted by atomic mass is 32.1. The van der Waals surface area contributed by atoms with Crippen molar-refractivity contribution in [1.29, 1.82) is 0 Å². The number of halogens is 1. The molecular weight excluding hydrogens is 367 g/mol. The summed E-state index contributed by atoms with van der Waals surface area (Å²) >= 11 is 5.49. The van der Waals surface area contributed by atoms with Crippen molar-refractivity contribution in [3.8, 4) is 17.2 Å². The summed E-state index contributed by atoms with van der Waals surface area (Å²) in [5, 5.41) is 3.70. The molecule has 2 aromatic carbocycles. The van der Waals surface area contributed by atoms with E-state index in [1.165, 1.54) is 17.7 Å². The maximum Gasteiger partial charge on any atom is 0.169 e. The predicted molar refractivity (Wildman–Crippen MR) is 106 cm³/mol. The molecule has 0 fully saturated rings. The van der Waals surface area contributed by atoms with Crippen LogP contribution in [0.4, 0.5) is 4.39 Å². The number of hydrogen-bond donors (Lipinski definition) is 1. The molecule has 27 heavy (non-hydrogen) atoms. The maximum atomic E-state index is 13.1. The van der Waals surface area contributed by atoms with Crippen molar-refractivity contribution in [3.05, 3.63) is 53.3 Å². The molecule has 0 spiro atoms. The van der Waals surface area contributed by atoms with Gasteiger partial charge < -0.3 is 24.4 Å². The minimum Gasteiger partial charge on any atom is -0.493 e. The number of methoxy groups -OCH3 is 2. The van der Waals surface area contributed by atoms with Crippen molar-refractivity contribution < 1.29 is 18.6 Å². The minimum atomic E-state index is -0.291. The molecule has 1 heterocycles. The first-order valence-corrected chi connectivity index (χ1v) is 9.09. The Bertz CT molecular complexity index is 814. The summed E-state index contributed by atoms with van der Waals surface area (Å²) in [6.45, 7) is 1.13. The minimum absolute atomic E-state index is 0.0986. The Kier molecular flexibility index (Phi) is 6.01. The Morgan fingerprint density at radius 2 is 1.85 bits per heavy atom. The molecular formula is C20H23FN2O3S. The fourth-order valence-electron chi connectivity index (χ4n) is 3.30. The largest absolute Gasteiger partial charge is 0.493 e. The van der Waals surface area contributed by atoms with Crippen molar-refractivity contribution in [2.75, 3.05) is 34.4 Å². The Morgan fingerprint density at radius 1 is 1.19 bits per heavy atom. The zero-order valence-corrected chi connectivity index (χ0v) is 16.4. The summed E-state index contributed by atoms with van der Waals surface area (Å²) in [5.41, 5.74) is 2.26. The van der Waals surface area contributed by atoms with E-state index in [-0.39, 0.29) is 11.9 Å². The lowest BCUT2D eigenvalue weighted by atomic mass is 9.92. The van der Waals surface area contributed by atoms with Gasteiger partial charge in [0.05, 0.1) is 20.3 Å². The lowest BCUT2D eigenvalue weighted by molar-refractivity contribution is 0.187. The van der Waals surface area contributed by atoms with Gasteiger partial charge in [0.25, 0.3) is 0 Å². The van der Waals surface area contributed by atoms with Crippen LogP contribution >= 0.6 is 12.2 Å². The highest BCUT2D eigenvalue weighted by Gasteiger charge is 2.31. The van der Waals surface area contributed by atoms with Crippen LogP contribution in [0.2, 0.25) is 0 Å². The van der Waals surface area contributed by atoms with Crippen LogP contribution in [-0.2, 0) is 6.42 Å². The third kappa shape index (κ3) is 4.08. The number of hydrogen-bond acceptors (Lipinski definition) is 4. The normalized spacial score (nSPS) is 15.7. The average molecular weight is 390 g/mol. The number of nitrogens with zero attached hydrogens (tertiary/aromatic N) is 1. The lowest BCUT2D eigenvalue weighted by Gasteiger charge is -2.38. The van der Waals surface area contributed by atoms with Crippen molar-refractivity contribution in [3.63, 3.8) is 0 Å². The molecule has 3 rings (SSSR count). The van der Waals surface area contributed by atoms with E-state index in [1.54, 1.807) is 26.4 Å². The summed E-state index contributed by atoms with van der Waals surface area (Å²) in [5.74, 6) is 1.69. The van der Waals surface area contributed by atoms with Crippen LogP contribution in [-0.4, -0.2) is 44.4 Å². The third-order valence-electron chi connectivity index (χ3n) is 4.70. The van der Waals surface area contributed by atoms with Gasteiger partial charge in [-0.05, 0) is 66.2 Å². The van der Waals surface area contributed by atoms with Gasteiger partial charge >= 0.3 is 0 Å². The van der Waals surface area contributed by atoms with Gasteiger partial charge in [0, 0.05) is 13.6 Å². The Balaban J connectivity index is 1.93. The van der Waals surface area contributed by atoms with Crippen molar-refractivity contribution in [2.24, 2.45) is 0 Å². The van der Waals surface area contributed by atoms with Gasteiger partial charge in [-0.2, -0.15) is 0 Å². The van der Waals surface area contributed by atoms with E-state index in [4.69, 9.17) is 26.4 Å². The van der Waals surface area contributed by atoms with Crippen LogP contribution < -0.4 is 19.5 Å². The van der Waals surface area contributed by atoms with Crippen molar-refractivity contribution >= 4 is 17.3 Å². The first-order chi connectivity index (χ1) is 13.1. The van der Waals surface area contributed by atoms with Gasteiger partial charge in [0.2, 0.25) is 0 Å². The van der Waals surface area contributed by atoms with Crippen molar-refractivity contribution in [1.82, 2.24) is 10.2 Å². The first kappa shape index (κ1) is 19.2. The second kappa shape index (κ2) is 8.43. The van der Waals surface area contributed by atoms with Gasteiger partial charge in [0.1, 0.15) is 18.2 Å². The number of benzene rings is 2. The molecule has 144 valence electrons. The molecule has 7 heteroatoms. The zero-order valence-electron chi connectivity index (χ0n) is 15.6. The number of rotatable bonds is 5. The molecule has 0 saturated heterocycles. The van der Waals surface area contributed by atoms with E-state index in [0.29, 0.717) is 29.0 Å². The van der Waals surface area contributed by atoms with E-state index < -0.39 is 0 Å². The Hall–Kier alpha value is -2.54. The Morgan fingerprint density at radius 3 is 2.48 bits per heavy atom. The smallest absolute Gasteiger partial charge is 0.169 e. The quantitative estimate of drug-likeness (QED) is 0.790. The van der Waals surface area contributed by atoms with Crippen LogP contribution in [0.5, 0.6) is 17.2 Å². The summed E-state index contributed by atoms with van der Waals surface area (Å²) in [6.07, 6.45) is 0.838. The molecule has 1 atom stereocenters. The average Bonchev–Trinajstić information content (AvgIpc) is 2.71. The Labute approximate surface area is 164 Å². The van der Waals surface area contributed by atoms with E-state index in [0.717, 1.165) is 18.5 Å². The van der Waals surface area contributed by atoms with Gasteiger partial charge in [-0.25, -0.2) is 4.39 Å². The van der Waals surface area contributed by atoms with Crippen LogP contribution in [0.25, 0.3) is 0 Å². The van der Waals surface area contributed by atoms with Gasteiger partial charge in [0.15, 0.2) is 16.6 Å². The SMILES string of the molecule is CNC(=S)N1CCc2cc(OC)c(OC)cc2[C@H]1COc1ccc(F)cc1. The zero-order chi connectivity index (χ0) is 19.4. The number of nitrogens with one attached hydrogen (secondary N) is 1. The fraction of sp³-hybridized carbons (Fsp3) is 0.350. The van der Waals surface area contributed by atoms with E-state index >= 15 is 0 Å². The van der Waals surface area contributed by atoms with Crippen molar-refractivity contribution in [2.45, 2.75) is 12.5 Å². The summed E-state index contributed by atoms with van der Waals surface area (Å²) in [6, 6.07) is 9.90. The molecule has 0 amide bonds. The highest BCUT2D eigenvalue weighted by Crippen LogP contribution is 2.38. The third-order valence-corrected chi connectivity index (χ3v) is 5.14. The molecule has 0 unspecified atom stereocenters. The van der Waals surface area contributed by atoms with Gasteiger partial charge in [-0.15, -0.1) is 0 Å². The molecule has 0 saturated carbocycles.